The van der Waals surface area contributed by atoms with Gasteiger partial charge in [0.15, 0.2) is 5.78 Å². The molecule has 3 aliphatic carbocycles. The molecule has 1 heterocycles. The Morgan fingerprint density at radius 1 is 1.23 bits per heavy atom. The third-order valence-electron chi connectivity index (χ3n) is 6.31. The lowest BCUT2D eigenvalue weighted by molar-refractivity contribution is -0.0458. The summed E-state index contributed by atoms with van der Waals surface area (Å²) in [5.74, 6) is -1.07. The third kappa shape index (κ3) is 4.30. The summed E-state index contributed by atoms with van der Waals surface area (Å²) in [4.78, 5) is 17.1. The molecule has 3 nitrogen and oxygen atoms in total. The van der Waals surface area contributed by atoms with E-state index < -0.39 is 5.92 Å². The van der Waals surface area contributed by atoms with Crippen molar-refractivity contribution >= 4 is 5.78 Å². The van der Waals surface area contributed by atoms with Crippen LogP contribution in [0, 0.1) is 18.8 Å². The molecule has 3 saturated carbocycles. The first-order valence-electron chi connectivity index (χ1n) is 10.0. The van der Waals surface area contributed by atoms with E-state index in [0.29, 0.717) is 36.8 Å². The Balaban J connectivity index is 1.35. The fourth-order valence-corrected chi connectivity index (χ4v) is 4.17. The van der Waals surface area contributed by atoms with Crippen LogP contribution in [0.15, 0.2) is 12.3 Å². The van der Waals surface area contributed by atoms with Gasteiger partial charge in [-0.05, 0) is 69.0 Å². The molecular formula is C21H28F2N2O. The number of carbonyl (C=O) groups excluding carboxylic acids is 1. The number of aryl methyl sites for hydroxylation is 1. The summed E-state index contributed by atoms with van der Waals surface area (Å²) in [5.41, 5.74) is 2.83. The minimum atomic E-state index is -2.54. The Morgan fingerprint density at radius 2 is 1.96 bits per heavy atom. The third-order valence-corrected chi connectivity index (χ3v) is 6.31. The van der Waals surface area contributed by atoms with Gasteiger partial charge in [0.05, 0.1) is 0 Å². The summed E-state index contributed by atoms with van der Waals surface area (Å²) in [5, 5.41) is 3.63. The molecule has 3 fully saturated rings. The highest BCUT2D eigenvalue weighted by atomic mass is 19.3. The largest absolute Gasteiger partial charge is 0.313 e. The number of halogens is 2. The lowest BCUT2D eigenvalue weighted by atomic mass is 9.83. The van der Waals surface area contributed by atoms with Crippen LogP contribution in [0.2, 0.25) is 0 Å². The van der Waals surface area contributed by atoms with Crippen LogP contribution in [0.1, 0.15) is 78.9 Å². The zero-order valence-electron chi connectivity index (χ0n) is 15.4. The van der Waals surface area contributed by atoms with E-state index in [1.54, 1.807) is 6.20 Å². The van der Waals surface area contributed by atoms with Gasteiger partial charge in [0.25, 0.3) is 0 Å². The average molecular weight is 362 g/mol. The van der Waals surface area contributed by atoms with Crippen LogP contribution in [0.4, 0.5) is 8.78 Å². The highest BCUT2D eigenvalue weighted by molar-refractivity contribution is 5.96. The minimum Gasteiger partial charge on any atom is -0.313 e. The average Bonchev–Trinajstić information content (AvgIpc) is 3.50. The number of hydrogen-bond donors (Lipinski definition) is 1. The van der Waals surface area contributed by atoms with Crippen molar-refractivity contribution in [3.05, 3.63) is 29.1 Å². The lowest BCUT2D eigenvalue weighted by Crippen LogP contribution is -2.25. The summed E-state index contributed by atoms with van der Waals surface area (Å²) in [6.07, 6.45) is 6.56. The lowest BCUT2D eigenvalue weighted by Gasteiger charge is -2.27. The first kappa shape index (κ1) is 18.0. The van der Waals surface area contributed by atoms with Crippen molar-refractivity contribution in [2.75, 3.05) is 6.54 Å². The van der Waals surface area contributed by atoms with Crippen molar-refractivity contribution < 1.29 is 13.6 Å². The molecule has 0 aliphatic heterocycles. The maximum atomic E-state index is 13.3. The van der Waals surface area contributed by atoms with Crippen LogP contribution >= 0.6 is 0 Å². The number of Topliss-reactive ketones (excluding diaryl/α,β-unsaturated/α-hetero) is 1. The van der Waals surface area contributed by atoms with E-state index in [9.17, 15) is 13.6 Å². The van der Waals surface area contributed by atoms with Crippen LogP contribution < -0.4 is 5.32 Å². The van der Waals surface area contributed by atoms with Crippen molar-refractivity contribution in [2.45, 2.75) is 76.2 Å². The molecule has 0 radical (unpaired) electrons. The normalized spacial score (nSPS) is 28.1. The van der Waals surface area contributed by atoms with Crippen molar-refractivity contribution in [1.29, 1.82) is 0 Å². The van der Waals surface area contributed by atoms with E-state index >= 15 is 0 Å². The number of hydrogen-bond acceptors (Lipinski definition) is 3. The SMILES string of the molecule is Cc1ncc(C(=O)CC2CCC(F)(F)CC2)cc1C1CC1NCC1CC1. The summed E-state index contributed by atoms with van der Waals surface area (Å²) < 4.78 is 26.6. The van der Waals surface area contributed by atoms with E-state index in [0.717, 1.165) is 24.6 Å². The first-order chi connectivity index (χ1) is 12.4. The van der Waals surface area contributed by atoms with Crippen molar-refractivity contribution in [3.8, 4) is 0 Å². The highest BCUT2D eigenvalue weighted by Crippen LogP contribution is 2.43. The summed E-state index contributed by atoms with van der Waals surface area (Å²) in [7, 11) is 0. The van der Waals surface area contributed by atoms with Gasteiger partial charge in [0, 0.05) is 48.7 Å². The monoisotopic (exact) mass is 362 g/mol. The fraction of sp³-hybridized carbons (Fsp3) is 0.714. The van der Waals surface area contributed by atoms with Crippen LogP contribution in [0.5, 0.6) is 0 Å². The number of aromatic nitrogens is 1. The zero-order chi connectivity index (χ0) is 18.3. The standard InChI is InChI=1S/C21H28F2N2O/c1-13-17(18-10-19(18)25-11-15-2-3-15)9-16(12-24-13)20(26)8-14-4-6-21(22,23)7-5-14/h9,12,14-15,18-19,25H,2-8,10-11H2,1H3. The van der Waals surface area contributed by atoms with Crippen molar-refractivity contribution in [1.82, 2.24) is 10.3 Å². The van der Waals surface area contributed by atoms with Crippen molar-refractivity contribution in [2.24, 2.45) is 11.8 Å². The molecule has 26 heavy (non-hydrogen) atoms. The van der Waals surface area contributed by atoms with Gasteiger partial charge in [-0.1, -0.05) is 0 Å². The number of alkyl halides is 2. The molecule has 142 valence electrons. The Hall–Kier alpha value is -1.36. The zero-order valence-corrected chi connectivity index (χ0v) is 15.4. The maximum Gasteiger partial charge on any atom is 0.248 e. The van der Waals surface area contributed by atoms with Gasteiger partial charge >= 0.3 is 0 Å². The molecule has 0 amide bonds. The molecule has 4 rings (SSSR count). The molecule has 1 aromatic heterocycles. The van der Waals surface area contributed by atoms with Crippen LogP contribution in [0.3, 0.4) is 0 Å². The van der Waals surface area contributed by atoms with Gasteiger partial charge in [0.1, 0.15) is 0 Å². The fourth-order valence-electron chi connectivity index (χ4n) is 4.17. The second-order valence-corrected chi connectivity index (χ2v) is 8.63. The van der Waals surface area contributed by atoms with Crippen LogP contribution in [-0.4, -0.2) is 29.3 Å². The summed E-state index contributed by atoms with van der Waals surface area (Å²) >= 11 is 0. The van der Waals surface area contributed by atoms with Gasteiger partial charge in [-0.3, -0.25) is 9.78 Å². The van der Waals surface area contributed by atoms with E-state index in [4.69, 9.17) is 0 Å². The number of rotatable bonds is 7. The van der Waals surface area contributed by atoms with Gasteiger partial charge < -0.3 is 5.32 Å². The Morgan fingerprint density at radius 3 is 2.65 bits per heavy atom. The molecule has 1 N–H and O–H groups in total. The quantitative estimate of drug-likeness (QED) is 0.718. The molecule has 3 aliphatic rings. The molecular weight excluding hydrogens is 334 g/mol. The van der Waals surface area contributed by atoms with Crippen LogP contribution in [0.25, 0.3) is 0 Å². The van der Waals surface area contributed by atoms with Gasteiger partial charge in [-0.15, -0.1) is 0 Å². The number of nitrogens with one attached hydrogen (secondary N) is 1. The molecule has 2 atom stereocenters. The van der Waals surface area contributed by atoms with Gasteiger partial charge in [0.2, 0.25) is 5.92 Å². The molecule has 0 saturated heterocycles. The molecule has 2 unspecified atom stereocenters. The molecule has 0 bridgehead atoms. The first-order valence-corrected chi connectivity index (χ1v) is 10.0. The summed E-state index contributed by atoms with van der Waals surface area (Å²) in [6, 6.07) is 2.52. The molecule has 1 aromatic rings. The molecule has 0 aromatic carbocycles. The van der Waals surface area contributed by atoms with E-state index in [2.05, 4.69) is 10.3 Å². The van der Waals surface area contributed by atoms with E-state index in [1.165, 1.54) is 18.4 Å². The van der Waals surface area contributed by atoms with Gasteiger partial charge in [-0.2, -0.15) is 0 Å². The summed E-state index contributed by atoms with van der Waals surface area (Å²) in [6.45, 7) is 3.11. The molecule has 5 heteroatoms. The Kier molecular flexibility index (Phi) is 4.84. The number of carbonyl (C=O) groups is 1. The van der Waals surface area contributed by atoms with Crippen LogP contribution in [-0.2, 0) is 0 Å². The second kappa shape index (κ2) is 6.99. The maximum absolute atomic E-state index is 13.3. The predicted octanol–water partition coefficient (Wildman–Crippen LogP) is 4.64. The topological polar surface area (TPSA) is 42.0 Å². The predicted molar refractivity (Wildman–Crippen MR) is 96.7 cm³/mol. The minimum absolute atomic E-state index is 0.0529. The second-order valence-electron chi connectivity index (χ2n) is 8.63. The smallest absolute Gasteiger partial charge is 0.248 e. The Labute approximate surface area is 154 Å². The Bertz CT molecular complexity index is 677. The highest BCUT2D eigenvalue weighted by Gasteiger charge is 2.40. The van der Waals surface area contributed by atoms with Crippen molar-refractivity contribution in [3.63, 3.8) is 0 Å². The van der Waals surface area contributed by atoms with E-state index in [1.807, 2.05) is 13.0 Å². The van der Waals surface area contributed by atoms with E-state index in [-0.39, 0.29) is 24.5 Å². The van der Waals surface area contributed by atoms with Gasteiger partial charge in [-0.25, -0.2) is 8.78 Å². The number of ketones is 1. The number of pyridine rings is 1. The number of nitrogens with zero attached hydrogens (tertiary/aromatic N) is 1. The molecule has 0 spiro atoms.